The Kier molecular flexibility index (Phi) is 4.67. The van der Waals surface area contributed by atoms with Crippen molar-refractivity contribution in [1.82, 2.24) is 10.2 Å². The van der Waals surface area contributed by atoms with Crippen molar-refractivity contribution in [3.63, 3.8) is 0 Å². The third-order valence-electron chi connectivity index (χ3n) is 5.02. The molecule has 0 aliphatic carbocycles. The number of hydrogen-bond acceptors (Lipinski definition) is 3. The Bertz CT molecular complexity index is 532. The van der Waals surface area contributed by atoms with Crippen LogP contribution in [0.1, 0.15) is 24.0 Å². The molecule has 0 unspecified atom stereocenters. The van der Waals surface area contributed by atoms with E-state index in [9.17, 15) is 4.79 Å². The number of hydrogen-bond donors (Lipinski definition) is 1. The van der Waals surface area contributed by atoms with Gasteiger partial charge in [-0.3, -0.25) is 4.79 Å². The molecule has 2 aliphatic rings. The number of benzene rings is 1. The molecule has 2 aliphatic heterocycles. The fraction of sp³-hybridized carbons (Fsp3) is 0.611. The number of carbonyl (C=O) groups excluding carboxylic acids is 1. The maximum atomic E-state index is 12.2. The first-order valence-electron chi connectivity index (χ1n) is 8.32. The fourth-order valence-electron chi connectivity index (χ4n) is 3.43. The first-order chi connectivity index (χ1) is 10.6. The van der Waals surface area contributed by atoms with E-state index in [2.05, 4.69) is 31.3 Å². The van der Waals surface area contributed by atoms with E-state index in [0.717, 1.165) is 38.3 Å². The van der Waals surface area contributed by atoms with E-state index in [1.165, 1.54) is 11.1 Å². The van der Waals surface area contributed by atoms with Gasteiger partial charge in [0.1, 0.15) is 5.75 Å². The summed E-state index contributed by atoms with van der Waals surface area (Å²) < 4.78 is 5.75. The topological polar surface area (TPSA) is 41.6 Å². The Morgan fingerprint density at radius 1 is 1.23 bits per heavy atom. The zero-order chi connectivity index (χ0) is 15.5. The lowest BCUT2D eigenvalue weighted by atomic mass is 10.0. The molecule has 1 aromatic carbocycles. The summed E-state index contributed by atoms with van der Waals surface area (Å²) in [5.74, 6) is 2.54. The highest BCUT2D eigenvalue weighted by Crippen LogP contribution is 2.26. The number of carbonyl (C=O) groups is 1. The van der Waals surface area contributed by atoms with E-state index < -0.39 is 0 Å². The Morgan fingerprint density at radius 3 is 2.64 bits per heavy atom. The first-order valence-corrected chi connectivity index (χ1v) is 8.32. The third-order valence-corrected chi connectivity index (χ3v) is 5.02. The number of nitrogens with one attached hydrogen (secondary N) is 1. The van der Waals surface area contributed by atoms with Crippen LogP contribution in [0.4, 0.5) is 0 Å². The van der Waals surface area contributed by atoms with Crippen molar-refractivity contribution in [2.45, 2.75) is 26.7 Å². The molecular formula is C18H26N2O2. The number of nitrogens with zero attached hydrogens (tertiary/aromatic N) is 1. The molecule has 0 saturated carbocycles. The summed E-state index contributed by atoms with van der Waals surface area (Å²) in [5.41, 5.74) is 2.52. The zero-order valence-electron chi connectivity index (χ0n) is 13.6. The van der Waals surface area contributed by atoms with Crippen molar-refractivity contribution in [3.05, 3.63) is 29.3 Å². The second kappa shape index (κ2) is 6.69. The van der Waals surface area contributed by atoms with Crippen LogP contribution >= 0.6 is 0 Å². The highest BCUT2D eigenvalue weighted by Gasteiger charge is 2.37. The molecule has 1 N–H and O–H groups in total. The average molecular weight is 302 g/mol. The maximum Gasteiger partial charge on any atom is 0.222 e. The fourth-order valence-corrected chi connectivity index (χ4v) is 3.43. The van der Waals surface area contributed by atoms with Gasteiger partial charge in [-0.1, -0.05) is 6.07 Å². The molecule has 2 atom stereocenters. The van der Waals surface area contributed by atoms with Crippen LogP contribution in [0.2, 0.25) is 0 Å². The van der Waals surface area contributed by atoms with Crippen molar-refractivity contribution in [1.29, 1.82) is 0 Å². The van der Waals surface area contributed by atoms with Crippen molar-refractivity contribution in [2.75, 3.05) is 32.8 Å². The normalized spacial score (nSPS) is 23.6. The highest BCUT2D eigenvalue weighted by molar-refractivity contribution is 5.76. The van der Waals surface area contributed by atoms with Crippen LogP contribution in [0.15, 0.2) is 18.2 Å². The second-order valence-electron chi connectivity index (χ2n) is 6.68. The molecule has 120 valence electrons. The van der Waals surface area contributed by atoms with Gasteiger partial charge in [0.05, 0.1) is 6.61 Å². The lowest BCUT2D eigenvalue weighted by Crippen LogP contribution is -2.31. The average Bonchev–Trinajstić information content (AvgIpc) is 3.08. The summed E-state index contributed by atoms with van der Waals surface area (Å²) in [6.45, 7) is 8.82. The molecule has 2 saturated heterocycles. The summed E-state index contributed by atoms with van der Waals surface area (Å²) >= 11 is 0. The van der Waals surface area contributed by atoms with Crippen molar-refractivity contribution < 1.29 is 9.53 Å². The Labute approximate surface area is 132 Å². The zero-order valence-corrected chi connectivity index (χ0v) is 13.6. The summed E-state index contributed by atoms with van der Waals surface area (Å²) in [4.78, 5) is 14.3. The molecule has 0 radical (unpaired) electrons. The molecule has 1 aromatic rings. The van der Waals surface area contributed by atoms with Crippen LogP contribution in [-0.2, 0) is 4.79 Å². The summed E-state index contributed by atoms with van der Waals surface area (Å²) in [5, 5.41) is 3.40. The Morgan fingerprint density at radius 2 is 1.95 bits per heavy atom. The number of ether oxygens (including phenoxy) is 1. The van der Waals surface area contributed by atoms with Crippen LogP contribution in [0.25, 0.3) is 0 Å². The molecule has 4 heteroatoms. The van der Waals surface area contributed by atoms with Gasteiger partial charge >= 0.3 is 0 Å². The van der Waals surface area contributed by atoms with Crippen LogP contribution in [0.5, 0.6) is 5.75 Å². The lowest BCUT2D eigenvalue weighted by molar-refractivity contribution is -0.130. The minimum Gasteiger partial charge on any atom is -0.494 e. The van der Waals surface area contributed by atoms with Crippen LogP contribution < -0.4 is 10.1 Å². The van der Waals surface area contributed by atoms with E-state index in [4.69, 9.17) is 4.74 Å². The van der Waals surface area contributed by atoms with Gasteiger partial charge in [0, 0.05) is 32.6 Å². The van der Waals surface area contributed by atoms with Gasteiger partial charge in [-0.15, -0.1) is 0 Å². The number of fused-ring (bicyclic) bond motifs is 1. The monoisotopic (exact) mass is 302 g/mol. The predicted molar refractivity (Wildman–Crippen MR) is 87.1 cm³/mol. The van der Waals surface area contributed by atoms with E-state index in [0.29, 0.717) is 24.9 Å². The van der Waals surface area contributed by atoms with E-state index in [1.807, 2.05) is 11.0 Å². The molecule has 1 amide bonds. The Balaban J connectivity index is 1.38. The first kappa shape index (κ1) is 15.3. The summed E-state index contributed by atoms with van der Waals surface area (Å²) in [7, 11) is 0. The molecule has 4 nitrogen and oxygen atoms in total. The second-order valence-corrected chi connectivity index (χ2v) is 6.68. The Hall–Kier alpha value is -1.55. The SMILES string of the molecule is Cc1ccc(OCCCC(=O)N2C[C@H]3CNC[C@H]3C2)cc1C. The van der Waals surface area contributed by atoms with Crippen molar-refractivity contribution >= 4 is 5.91 Å². The number of rotatable bonds is 5. The maximum absolute atomic E-state index is 12.2. The molecule has 2 fully saturated rings. The predicted octanol–water partition coefficient (Wildman–Crippen LogP) is 2.14. The molecule has 0 spiro atoms. The third kappa shape index (κ3) is 3.43. The van der Waals surface area contributed by atoms with Gasteiger partial charge < -0.3 is 15.0 Å². The smallest absolute Gasteiger partial charge is 0.222 e. The van der Waals surface area contributed by atoms with Gasteiger partial charge in [0.15, 0.2) is 0 Å². The molecule has 2 heterocycles. The van der Waals surface area contributed by atoms with Gasteiger partial charge in [-0.2, -0.15) is 0 Å². The largest absolute Gasteiger partial charge is 0.494 e. The van der Waals surface area contributed by atoms with Crippen LogP contribution in [0.3, 0.4) is 0 Å². The van der Waals surface area contributed by atoms with Crippen molar-refractivity contribution in [3.8, 4) is 5.75 Å². The quantitative estimate of drug-likeness (QED) is 0.847. The van der Waals surface area contributed by atoms with E-state index in [1.54, 1.807) is 0 Å². The standard InChI is InChI=1S/C18H26N2O2/c1-13-5-6-17(8-14(13)2)22-7-3-4-18(21)20-11-15-9-19-10-16(15)12-20/h5-6,8,15-16,19H,3-4,7,9-12H2,1-2H3/t15-,16+. The number of likely N-dealkylation sites (tertiary alicyclic amines) is 1. The van der Waals surface area contributed by atoms with E-state index >= 15 is 0 Å². The molecule has 22 heavy (non-hydrogen) atoms. The number of aryl methyl sites for hydroxylation is 2. The molecule has 0 bridgehead atoms. The van der Waals surface area contributed by atoms with Crippen molar-refractivity contribution in [2.24, 2.45) is 11.8 Å². The van der Waals surface area contributed by atoms with E-state index in [-0.39, 0.29) is 5.91 Å². The molecule has 0 aromatic heterocycles. The molecule has 3 rings (SSSR count). The van der Waals surface area contributed by atoms with Gasteiger partial charge in [0.2, 0.25) is 5.91 Å². The summed E-state index contributed by atoms with van der Waals surface area (Å²) in [6.07, 6.45) is 1.38. The number of amides is 1. The minimum absolute atomic E-state index is 0.290. The van der Waals surface area contributed by atoms with Crippen LogP contribution in [0, 0.1) is 25.7 Å². The van der Waals surface area contributed by atoms with Gasteiger partial charge in [-0.05, 0) is 55.4 Å². The minimum atomic E-state index is 0.290. The van der Waals surface area contributed by atoms with Crippen LogP contribution in [-0.4, -0.2) is 43.6 Å². The highest BCUT2D eigenvalue weighted by atomic mass is 16.5. The van der Waals surface area contributed by atoms with Gasteiger partial charge in [0.25, 0.3) is 0 Å². The lowest BCUT2D eigenvalue weighted by Gasteiger charge is -2.17. The molecular weight excluding hydrogens is 276 g/mol. The summed E-state index contributed by atoms with van der Waals surface area (Å²) in [6, 6.07) is 6.14. The van der Waals surface area contributed by atoms with Gasteiger partial charge in [-0.25, -0.2) is 0 Å².